The fourth-order valence-electron chi connectivity index (χ4n) is 5.43. The van der Waals surface area contributed by atoms with E-state index in [4.69, 9.17) is 4.98 Å². The number of carbonyl (C=O) groups excluding carboxylic acids is 3. The van der Waals surface area contributed by atoms with E-state index in [2.05, 4.69) is 32.9 Å². The number of hydrogen-bond donors (Lipinski definition) is 2. The second-order valence-electron chi connectivity index (χ2n) is 10.4. The molecule has 0 spiro atoms. The number of nitrogens with one attached hydrogen (secondary N) is 2. The van der Waals surface area contributed by atoms with E-state index in [0.717, 1.165) is 68.1 Å². The lowest BCUT2D eigenvalue weighted by Gasteiger charge is -2.37. The highest BCUT2D eigenvalue weighted by Crippen LogP contribution is 2.34. The summed E-state index contributed by atoms with van der Waals surface area (Å²) in [5.74, 6) is -0.369. The molecule has 204 valence electrons. The van der Waals surface area contributed by atoms with Gasteiger partial charge in [-0.05, 0) is 44.2 Å². The van der Waals surface area contributed by atoms with E-state index in [-0.39, 0.29) is 18.2 Å². The number of amides is 1. The topological polar surface area (TPSA) is 94.6 Å². The van der Waals surface area contributed by atoms with Gasteiger partial charge in [-0.15, -0.1) is 11.3 Å². The number of hydrogen-bond acceptors (Lipinski definition) is 8. The lowest BCUT2D eigenvalue weighted by atomic mass is 9.76. The fraction of sp³-hybridized carbons (Fsp3) is 0.400. The maximum Gasteiger partial charge on any atom is 0.252 e. The molecule has 3 aromatic rings. The zero-order valence-electron chi connectivity index (χ0n) is 22.3. The molecule has 0 radical (unpaired) electrons. The van der Waals surface area contributed by atoms with Crippen molar-refractivity contribution in [1.29, 1.82) is 0 Å². The van der Waals surface area contributed by atoms with Crippen molar-refractivity contribution in [3.63, 3.8) is 0 Å². The molecule has 2 heterocycles. The fourth-order valence-corrected chi connectivity index (χ4v) is 6.32. The molecule has 8 nitrogen and oxygen atoms in total. The Labute approximate surface area is 233 Å². The standard InChI is InChI=1S/C30H35N5O3S/c1-34-16-18-35(19-17-34)29-32-26(21-39-29)22-9-11-23(12-10-22)28(38)33-30(13-5-2-6-14-30)27(37)24-7-3-4-8-25(24)31-15-20-36/h3-4,7-12,20-21,31H,2,5-6,13-19H2,1H3,(H,33,38). The van der Waals surface area contributed by atoms with Crippen LogP contribution in [0.3, 0.4) is 0 Å². The molecule has 0 atom stereocenters. The first-order chi connectivity index (χ1) is 19.0. The van der Waals surface area contributed by atoms with Crippen LogP contribution in [-0.2, 0) is 4.79 Å². The van der Waals surface area contributed by atoms with Crippen LogP contribution < -0.4 is 15.5 Å². The minimum atomic E-state index is -0.973. The van der Waals surface area contributed by atoms with Crippen LogP contribution in [0.2, 0.25) is 0 Å². The summed E-state index contributed by atoms with van der Waals surface area (Å²) in [5, 5.41) is 9.24. The molecule has 0 unspecified atom stereocenters. The minimum absolute atomic E-state index is 0.111. The summed E-state index contributed by atoms with van der Waals surface area (Å²) in [6.07, 6.45) is 4.72. The molecule has 1 aromatic heterocycles. The summed E-state index contributed by atoms with van der Waals surface area (Å²) in [7, 11) is 2.14. The number of thiazole rings is 1. The normalized spacial score (nSPS) is 17.4. The van der Waals surface area contributed by atoms with E-state index in [1.165, 1.54) is 0 Å². The number of aldehydes is 1. The van der Waals surface area contributed by atoms with Crippen LogP contribution in [0, 0.1) is 0 Å². The molecule has 1 aliphatic carbocycles. The number of benzene rings is 2. The van der Waals surface area contributed by atoms with Gasteiger partial charge in [0.1, 0.15) is 11.8 Å². The van der Waals surface area contributed by atoms with Gasteiger partial charge in [0.25, 0.3) is 5.91 Å². The highest BCUT2D eigenvalue weighted by atomic mass is 32.1. The van der Waals surface area contributed by atoms with Gasteiger partial charge in [-0.2, -0.15) is 0 Å². The zero-order chi connectivity index (χ0) is 27.2. The van der Waals surface area contributed by atoms with Crippen molar-refractivity contribution >= 4 is 40.1 Å². The summed E-state index contributed by atoms with van der Waals surface area (Å²) < 4.78 is 0. The zero-order valence-corrected chi connectivity index (χ0v) is 23.1. The third kappa shape index (κ3) is 6.04. The van der Waals surface area contributed by atoms with Crippen molar-refractivity contribution in [2.24, 2.45) is 0 Å². The Balaban J connectivity index is 1.32. The van der Waals surface area contributed by atoms with Gasteiger partial charge < -0.3 is 25.2 Å². The number of likely N-dealkylation sites (N-methyl/N-ethyl adjacent to an activating group) is 1. The predicted octanol–water partition coefficient (Wildman–Crippen LogP) is 4.49. The van der Waals surface area contributed by atoms with Gasteiger partial charge in [-0.1, -0.05) is 43.5 Å². The second kappa shape index (κ2) is 12.1. The van der Waals surface area contributed by atoms with Crippen molar-refractivity contribution in [2.75, 3.05) is 50.0 Å². The number of piperazine rings is 1. The molecule has 9 heteroatoms. The van der Waals surface area contributed by atoms with Crippen LogP contribution in [0.4, 0.5) is 10.8 Å². The molecule has 2 aliphatic rings. The van der Waals surface area contributed by atoms with E-state index in [9.17, 15) is 14.4 Å². The number of rotatable bonds is 9. The van der Waals surface area contributed by atoms with Crippen molar-refractivity contribution in [3.8, 4) is 11.3 Å². The van der Waals surface area contributed by atoms with Gasteiger partial charge in [-0.3, -0.25) is 9.59 Å². The number of Topliss-reactive ketones (excluding diaryl/α,β-unsaturated/α-hetero) is 1. The molecule has 1 aliphatic heterocycles. The number of anilines is 2. The van der Waals surface area contributed by atoms with E-state index >= 15 is 0 Å². The van der Waals surface area contributed by atoms with Gasteiger partial charge >= 0.3 is 0 Å². The molecular weight excluding hydrogens is 510 g/mol. The van der Waals surface area contributed by atoms with Crippen LogP contribution in [0.15, 0.2) is 53.9 Å². The third-order valence-electron chi connectivity index (χ3n) is 7.75. The quantitative estimate of drug-likeness (QED) is 0.302. The molecule has 1 saturated heterocycles. The monoisotopic (exact) mass is 545 g/mol. The summed E-state index contributed by atoms with van der Waals surface area (Å²) in [6, 6.07) is 14.6. The Morgan fingerprint density at radius 1 is 1.00 bits per heavy atom. The number of para-hydroxylation sites is 1. The molecule has 39 heavy (non-hydrogen) atoms. The van der Waals surface area contributed by atoms with Crippen LogP contribution in [0.25, 0.3) is 11.3 Å². The van der Waals surface area contributed by atoms with Gasteiger partial charge in [0.15, 0.2) is 10.9 Å². The molecule has 2 N–H and O–H groups in total. The Morgan fingerprint density at radius 2 is 1.72 bits per heavy atom. The Kier molecular flexibility index (Phi) is 8.38. The number of nitrogens with zero attached hydrogens (tertiary/aromatic N) is 3. The van der Waals surface area contributed by atoms with E-state index in [0.29, 0.717) is 29.7 Å². The Morgan fingerprint density at radius 3 is 2.44 bits per heavy atom. The summed E-state index contributed by atoms with van der Waals surface area (Å²) >= 11 is 1.65. The van der Waals surface area contributed by atoms with Crippen molar-refractivity contribution in [1.82, 2.24) is 15.2 Å². The molecule has 2 fully saturated rings. The summed E-state index contributed by atoms with van der Waals surface area (Å²) in [6.45, 7) is 4.13. The minimum Gasteiger partial charge on any atom is -0.378 e. The van der Waals surface area contributed by atoms with Crippen LogP contribution >= 0.6 is 11.3 Å². The van der Waals surface area contributed by atoms with E-state index < -0.39 is 5.54 Å². The van der Waals surface area contributed by atoms with Crippen LogP contribution in [0.5, 0.6) is 0 Å². The van der Waals surface area contributed by atoms with Gasteiger partial charge in [-0.25, -0.2) is 4.98 Å². The first-order valence-electron chi connectivity index (χ1n) is 13.6. The van der Waals surface area contributed by atoms with Gasteiger partial charge in [0.05, 0.1) is 12.2 Å². The number of ketones is 1. The van der Waals surface area contributed by atoms with Crippen LogP contribution in [-0.4, -0.2) is 73.2 Å². The van der Waals surface area contributed by atoms with Crippen molar-refractivity contribution < 1.29 is 14.4 Å². The summed E-state index contributed by atoms with van der Waals surface area (Å²) in [4.78, 5) is 47.8. The predicted molar refractivity (Wildman–Crippen MR) is 156 cm³/mol. The van der Waals surface area contributed by atoms with E-state index in [1.807, 2.05) is 24.3 Å². The molecule has 1 amide bonds. The Hall–Kier alpha value is -3.56. The largest absolute Gasteiger partial charge is 0.378 e. The smallest absolute Gasteiger partial charge is 0.252 e. The Bertz CT molecular complexity index is 1310. The first kappa shape index (κ1) is 27.0. The van der Waals surface area contributed by atoms with Crippen LogP contribution in [0.1, 0.15) is 52.8 Å². The van der Waals surface area contributed by atoms with Gasteiger partial charge in [0, 0.05) is 53.9 Å². The maximum absolute atomic E-state index is 13.9. The molecule has 5 rings (SSSR count). The average Bonchev–Trinajstić information content (AvgIpc) is 3.47. The first-order valence-corrected chi connectivity index (χ1v) is 14.5. The molecular formula is C30H35N5O3S. The third-order valence-corrected chi connectivity index (χ3v) is 8.65. The van der Waals surface area contributed by atoms with Crippen molar-refractivity contribution in [3.05, 3.63) is 65.0 Å². The molecule has 0 bridgehead atoms. The maximum atomic E-state index is 13.9. The average molecular weight is 546 g/mol. The van der Waals surface area contributed by atoms with Gasteiger partial charge in [0.2, 0.25) is 0 Å². The highest BCUT2D eigenvalue weighted by Gasteiger charge is 2.42. The van der Waals surface area contributed by atoms with E-state index in [1.54, 1.807) is 35.6 Å². The lowest BCUT2D eigenvalue weighted by Crippen LogP contribution is -2.55. The second-order valence-corrected chi connectivity index (χ2v) is 11.2. The molecule has 1 saturated carbocycles. The SMILES string of the molecule is CN1CCN(c2nc(-c3ccc(C(=O)NC4(C(=O)c5ccccc5NCC=O)CCCCC4)cc3)cs2)CC1. The number of carbonyl (C=O) groups is 3. The molecule has 2 aromatic carbocycles. The number of aromatic nitrogens is 1. The summed E-state index contributed by atoms with van der Waals surface area (Å²) in [5.41, 5.74) is 2.51. The lowest BCUT2D eigenvalue weighted by molar-refractivity contribution is -0.106. The highest BCUT2D eigenvalue weighted by molar-refractivity contribution is 7.14. The van der Waals surface area contributed by atoms with Crippen molar-refractivity contribution in [2.45, 2.75) is 37.6 Å².